The van der Waals surface area contributed by atoms with Gasteiger partial charge in [0.15, 0.2) is 5.17 Å². The fourth-order valence-electron chi connectivity index (χ4n) is 2.61. The van der Waals surface area contributed by atoms with Gasteiger partial charge < -0.3 is 14.8 Å². The van der Waals surface area contributed by atoms with Crippen LogP contribution in [0.4, 0.5) is 0 Å². The summed E-state index contributed by atoms with van der Waals surface area (Å²) in [6.07, 6.45) is 2.23. The summed E-state index contributed by atoms with van der Waals surface area (Å²) in [5.41, 5.74) is 1.90. The van der Waals surface area contributed by atoms with Gasteiger partial charge in [0.25, 0.3) is 0 Å². The molecule has 1 amide bonds. The summed E-state index contributed by atoms with van der Waals surface area (Å²) < 4.78 is 10.7. The van der Waals surface area contributed by atoms with E-state index in [0.717, 1.165) is 22.6 Å². The van der Waals surface area contributed by atoms with Gasteiger partial charge in [-0.1, -0.05) is 36.0 Å². The smallest absolute Gasteiger partial charge is 0.239 e. The first-order valence-corrected chi connectivity index (χ1v) is 9.51. The molecule has 2 aromatic carbocycles. The Balaban J connectivity index is 1.61. The minimum absolute atomic E-state index is 0.0554. The van der Waals surface area contributed by atoms with E-state index in [9.17, 15) is 4.79 Å². The van der Waals surface area contributed by atoms with Gasteiger partial charge in [0, 0.05) is 5.56 Å². The predicted molar refractivity (Wildman–Crippen MR) is 109 cm³/mol. The van der Waals surface area contributed by atoms with Gasteiger partial charge in [0.05, 0.1) is 25.2 Å². The molecule has 0 aliphatic carbocycles. The molecular weight excluding hydrogens is 362 g/mol. The number of hydrogen-bond donors (Lipinski definition) is 1. The van der Waals surface area contributed by atoms with E-state index in [-0.39, 0.29) is 11.2 Å². The second-order valence-corrected chi connectivity index (χ2v) is 6.96. The molecule has 1 atom stereocenters. The van der Waals surface area contributed by atoms with Crippen molar-refractivity contribution >= 4 is 29.1 Å². The number of methoxy groups -OCH3 is 1. The highest BCUT2D eigenvalue weighted by atomic mass is 32.2. The zero-order chi connectivity index (χ0) is 19.1. The first kappa shape index (κ1) is 19.0. The fraction of sp³-hybridized carbons (Fsp3) is 0.250. The number of para-hydroxylation sites is 1. The third-order valence-corrected chi connectivity index (χ3v) is 4.99. The van der Waals surface area contributed by atoms with Crippen molar-refractivity contribution < 1.29 is 14.3 Å². The topological polar surface area (TPSA) is 72.3 Å². The number of carbonyl (C=O) groups is 1. The number of nitrogens with one attached hydrogen (secondary N) is 1. The zero-order valence-electron chi connectivity index (χ0n) is 15.2. The van der Waals surface area contributed by atoms with Crippen molar-refractivity contribution in [2.75, 3.05) is 13.7 Å². The largest absolute Gasteiger partial charge is 0.496 e. The van der Waals surface area contributed by atoms with E-state index in [4.69, 9.17) is 9.47 Å². The summed E-state index contributed by atoms with van der Waals surface area (Å²) in [5.74, 6) is 1.50. The summed E-state index contributed by atoms with van der Waals surface area (Å²) in [6.45, 7) is 2.58. The molecule has 1 aliphatic rings. The summed E-state index contributed by atoms with van der Waals surface area (Å²) in [6, 6.07) is 15.3. The molecule has 140 valence electrons. The number of thioether (sulfide) groups is 1. The molecule has 1 N–H and O–H groups in total. The Morgan fingerprint density at radius 1 is 1.19 bits per heavy atom. The quantitative estimate of drug-likeness (QED) is 0.588. The standard InChI is InChI=1S/C20H21N3O3S/c1-3-26-16-10-8-14(9-11-16)12-18-19(24)22-20(27-18)23-21-13-15-6-4-5-7-17(15)25-2/h4-11,13,18H,3,12H2,1-2H3,(H,22,23,24). The lowest BCUT2D eigenvalue weighted by molar-refractivity contribution is -0.118. The average Bonchev–Trinajstić information content (AvgIpc) is 3.03. The Hall–Kier alpha value is -2.80. The number of rotatable bonds is 7. The minimum Gasteiger partial charge on any atom is -0.496 e. The van der Waals surface area contributed by atoms with Crippen LogP contribution in [0.3, 0.4) is 0 Å². The monoisotopic (exact) mass is 383 g/mol. The molecule has 1 unspecified atom stereocenters. The van der Waals surface area contributed by atoms with Gasteiger partial charge in [0.1, 0.15) is 11.5 Å². The molecule has 2 aromatic rings. The molecule has 1 heterocycles. The molecular formula is C20H21N3O3S. The second-order valence-electron chi connectivity index (χ2n) is 5.77. The Morgan fingerprint density at radius 3 is 2.70 bits per heavy atom. The summed E-state index contributed by atoms with van der Waals surface area (Å²) >= 11 is 1.39. The van der Waals surface area contributed by atoms with Gasteiger partial charge in [0.2, 0.25) is 5.91 Å². The first-order chi connectivity index (χ1) is 13.2. The molecule has 0 radical (unpaired) electrons. The number of nitrogens with zero attached hydrogens (tertiary/aromatic N) is 2. The Bertz CT molecular complexity index is 850. The van der Waals surface area contributed by atoms with Crippen LogP contribution < -0.4 is 14.8 Å². The molecule has 1 fully saturated rings. The van der Waals surface area contributed by atoms with E-state index in [1.807, 2.05) is 55.5 Å². The second kappa shape index (κ2) is 9.23. The Morgan fingerprint density at radius 2 is 1.96 bits per heavy atom. The van der Waals surface area contributed by atoms with Crippen molar-refractivity contribution in [3.8, 4) is 11.5 Å². The fourth-order valence-corrected chi connectivity index (χ4v) is 3.57. The number of benzene rings is 2. The van der Waals surface area contributed by atoms with Gasteiger partial charge in [-0.05, 0) is 43.2 Å². The van der Waals surface area contributed by atoms with E-state index in [0.29, 0.717) is 18.2 Å². The molecule has 0 spiro atoms. The molecule has 0 aromatic heterocycles. The van der Waals surface area contributed by atoms with E-state index in [2.05, 4.69) is 15.5 Å². The number of amides is 1. The predicted octanol–water partition coefficient (Wildman–Crippen LogP) is 3.26. The molecule has 1 aliphatic heterocycles. The van der Waals surface area contributed by atoms with Crippen molar-refractivity contribution in [2.24, 2.45) is 10.2 Å². The van der Waals surface area contributed by atoms with E-state index < -0.39 is 0 Å². The third kappa shape index (κ3) is 5.10. The van der Waals surface area contributed by atoms with Crippen LogP contribution in [0, 0.1) is 0 Å². The van der Waals surface area contributed by atoms with Crippen LogP contribution in [-0.2, 0) is 11.2 Å². The molecule has 3 rings (SSSR count). The number of hydrogen-bond acceptors (Lipinski definition) is 6. The van der Waals surface area contributed by atoms with Crippen molar-refractivity contribution in [2.45, 2.75) is 18.6 Å². The van der Waals surface area contributed by atoms with E-state index >= 15 is 0 Å². The van der Waals surface area contributed by atoms with Crippen molar-refractivity contribution in [3.63, 3.8) is 0 Å². The van der Waals surface area contributed by atoms with Gasteiger partial charge in [-0.3, -0.25) is 4.79 Å². The summed E-state index contributed by atoms with van der Waals surface area (Å²) in [5, 5.41) is 11.2. The maximum Gasteiger partial charge on any atom is 0.239 e. The molecule has 27 heavy (non-hydrogen) atoms. The lowest BCUT2D eigenvalue weighted by atomic mass is 10.1. The van der Waals surface area contributed by atoms with E-state index in [1.54, 1.807) is 13.3 Å². The van der Waals surface area contributed by atoms with Crippen molar-refractivity contribution in [1.29, 1.82) is 0 Å². The lowest BCUT2D eigenvalue weighted by Crippen LogP contribution is -2.25. The highest BCUT2D eigenvalue weighted by Crippen LogP contribution is 2.24. The molecule has 7 heteroatoms. The zero-order valence-corrected chi connectivity index (χ0v) is 16.0. The van der Waals surface area contributed by atoms with Crippen LogP contribution in [0.5, 0.6) is 11.5 Å². The number of carbonyl (C=O) groups excluding carboxylic acids is 1. The van der Waals surface area contributed by atoms with Gasteiger partial charge in [-0.2, -0.15) is 5.10 Å². The van der Waals surface area contributed by atoms with Gasteiger partial charge >= 0.3 is 0 Å². The highest BCUT2D eigenvalue weighted by molar-refractivity contribution is 8.15. The minimum atomic E-state index is -0.219. The molecule has 1 saturated heterocycles. The van der Waals surface area contributed by atoms with Crippen LogP contribution in [0.25, 0.3) is 0 Å². The Labute approximate surface area is 162 Å². The Kier molecular flexibility index (Phi) is 6.49. The SMILES string of the molecule is CCOc1ccc(CC2S/C(=N/N=Cc3ccccc3OC)NC2=O)cc1. The van der Waals surface area contributed by atoms with Gasteiger partial charge in [-0.25, -0.2) is 0 Å². The normalized spacial score (nSPS) is 18.1. The molecule has 0 bridgehead atoms. The average molecular weight is 383 g/mol. The van der Waals surface area contributed by atoms with Crippen molar-refractivity contribution in [3.05, 3.63) is 59.7 Å². The molecule has 6 nitrogen and oxygen atoms in total. The molecule has 0 saturated carbocycles. The lowest BCUT2D eigenvalue weighted by Gasteiger charge is -2.07. The van der Waals surface area contributed by atoms with Crippen molar-refractivity contribution in [1.82, 2.24) is 5.32 Å². The van der Waals surface area contributed by atoms with Gasteiger partial charge in [-0.15, -0.1) is 5.10 Å². The summed E-state index contributed by atoms with van der Waals surface area (Å²) in [4.78, 5) is 12.2. The van der Waals surface area contributed by atoms with Crippen LogP contribution in [0.15, 0.2) is 58.7 Å². The maximum atomic E-state index is 12.2. The third-order valence-electron chi connectivity index (χ3n) is 3.92. The summed E-state index contributed by atoms with van der Waals surface area (Å²) in [7, 11) is 1.61. The van der Waals surface area contributed by atoms with E-state index in [1.165, 1.54) is 11.8 Å². The van der Waals surface area contributed by atoms with Crippen LogP contribution >= 0.6 is 11.8 Å². The maximum absolute atomic E-state index is 12.2. The van der Waals surface area contributed by atoms with Crippen LogP contribution in [-0.4, -0.2) is 36.3 Å². The number of amidine groups is 1. The van der Waals surface area contributed by atoms with Crippen LogP contribution in [0.1, 0.15) is 18.1 Å². The first-order valence-electron chi connectivity index (χ1n) is 8.63. The highest BCUT2D eigenvalue weighted by Gasteiger charge is 2.30. The van der Waals surface area contributed by atoms with Crippen LogP contribution in [0.2, 0.25) is 0 Å². The number of ether oxygens (including phenoxy) is 2.